The van der Waals surface area contributed by atoms with Crippen molar-refractivity contribution < 1.29 is 14.3 Å². The SMILES string of the molecule is CC(=O)c1ccc(CNC(=O)C2COc3ccccc32)nc1C. The molecule has 1 aliphatic rings. The van der Waals surface area contributed by atoms with Gasteiger partial charge in [-0.2, -0.15) is 0 Å². The Labute approximate surface area is 134 Å². The van der Waals surface area contributed by atoms with Crippen molar-refractivity contribution in [1.82, 2.24) is 10.3 Å². The van der Waals surface area contributed by atoms with Gasteiger partial charge in [-0.1, -0.05) is 18.2 Å². The molecule has 1 N–H and O–H groups in total. The fourth-order valence-electron chi connectivity index (χ4n) is 2.76. The number of benzene rings is 1. The van der Waals surface area contributed by atoms with Crippen LogP contribution in [0.1, 0.15) is 40.2 Å². The van der Waals surface area contributed by atoms with E-state index in [1.165, 1.54) is 6.92 Å². The molecule has 0 radical (unpaired) electrons. The summed E-state index contributed by atoms with van der Waals surface area (Å²) < 4.78 is 5.53. The van der Waals surface area contributed by atoms with Crippen molar-refractivity contribution in [2.45, 2.75) is 26.3 Å². The van der Waals surface area contributed by atoms with E-state index in [4.69, 9.17) is 4.74 Å². The number of ketones is 1. The minimum absolute atomic E-state index is 0.00898. The molecule has 3 rings (SSSR count). The van der Waals surface area contributed by atoms with Gasteiger partial charge >= 0.3 is 0 Å². The standard InChI is InChI=1S/C18H18N2O3/c1-11-14(12(2)21)8-7-13(20-11)9-19-18(22)16-10-23-17-6-4-3-5-15(16)17/h3-8,16H,9-10H2,1-2H3,(H,19,22). The number of ether oxygens (including phenoxy) is 1. The Morgan fingerprint density at radius 2 is 2.04 bits per heavy atom. The molecule has 1 atom stereocenters. The van der Waals surface area contributed by atoms with Gasteiger partial charge in [0.25, 0.3) is 0 Å². The van der Waals surface area contributed by atoms with E-state index in [9.17, 15) is 9.59 Å². The summed E-state index contributed by atoms with van der Waals surface area (Å²) in [6.07, 6.45) is 0. The van der Waals surface area contributed by atoms with Crippen LogP contribution in [-0.2, 0) is 11.3 Å². The number of nitrogens with one attached hydrogen (secondary N) is 1. The van der Waals surface area contributed by atoms with Gasteiger partial charge in [0.15, 0.2) is 5.78 Å². The van der Waals surface area contributed by atoms with Gasteiger partial charge in [0.05, 0.1) is 12.2 Å². The molecule has 5 heteroatoms. The Balaban J connectivity index is 1.66. The number of hydrogen-bond donors (Lipinski definition) is 1. The molecule has 1 aromatic heterocycles. The summed E-state index contributed by atoms with van der Waals surface area (Å²) in [5.74, 6) is 0.395. The molecular formula is C18H18N2O3. The zero-order chi connectivity index (χ0) is 16.4. The average molecular weight is 310 g/mol. The highest BCUT2D eigenvalue weighted by atomic mass is 16.5. The first kappa shape index (κ1) is 15.2. The van der Waals surface area contributed by atoms with Crippen LogP contribution in [0, 0.1) is 6.92 Å². The normalized spacial score (nSPS) is 15.7. The first-order valence-electron chi connectivity index (χ1n) is 7.53. The van der Waals surface area contributed by atoms with Crippen LogP contribution in [-0.4, -0.2) is 23.3 Å². The number of nitrogens with zero attached hydrogens (tertiary/aromatic N) is 1. The molecular weight excluding hydrogens is 292 g/mol. The van der Waals surface area contributed by atoms with E-state index in [1.54, 1.807) is 19.1 Å². The van der Waals surface area contributed by atoms with E-state index < -0.39 is 0 Å². The van der Waals surface area contributed by atoms with Crippen molar-refractivity contribution in [3.8, 4) is 5.75 Å². The van der Waals surface area contributed by atoms with Crippen LogP contribution >= 0.6 is 0 Å². The zero-order valence-corrected chi connectivity index (χ0v) is 13.1. The minimum Gasteiger partial charge on any atom is -0.492 e. The quantitative estimate of drug-likeness (QED) is 0.880. The molecule has 1 unspecified atom stereocenters. The minimum atomic E-state index is -0.288. The van der Waals surface area contributed by atoms with Gasteiger partial charge in [-0.3, -0.25) is 14.6 Å². The van der Waals surface area contributed by atoms with Gasteiger partial charge in [0, 0.05) is 16.8 Å². The summed E-state index contributed by atoms with van der Waals surface area (Å²) >= 11 is 0. The second kappa shape index (κ2) is 6.20. The van der Waals surface area contributed by atoms with Crippen LogP contribution in [0.4, 0.5) is 0 Å². The lowest BCUT2D eigenvalue weighted by molar-refractivity contribution is -0.122. The van der Waals surface area contributed by atoms with Crippen LogP contribution < -0.4 is 10.1 Å². The highest BCUT2D eigenvalue weighted by Gasteiger charge is 2.29. The number of carbonyl (C=O) groups excluding carboxylic acids is 2. The predicted molar refractivity (Wildman–Crippen MR) is 85.5 cm³/mol. The topological polar surface area (TPSA) is 68.3 Å². The van der Waals surface area contributed by atoms with Gasteiger partial charge in [0.2, 0.25) is 5.91 Å². The van der Waals surface area contributed by atoms with E-state index in [-0.39, 0.29) is 17.6 Å². The summed E-state index contributed by atoms with van der Waals surface area (Å²) in [7, 11) is 0. The molecule has 2 heterocycles. The Bertz CT molecular complexity index is 771. The van der Waals surface area contributed by atoms with Gasteiger partial charge in [-0.05, 0) is 32.0 Å². The van der Waals surface area contributed by atoms with E-state index in [0.29, 0.717) is 24.4 Å². The highest BCUT2D eigenvalue weighted by molar-refractivity contribution is 5.95. The van der Waals surface area contributed by atoms with E-state index in [2.05, 4.69) is 10.3 Å². The van der Waals surface area contributed by atoms with Gasteiger partial charge in [-0.15, -0.1) is 0 Å². The predicted octanol–water partition coefficient (Wildman–Crippen LogP) is 2.39. The molecule has 0 aliphatic carbocycles. The van der Waals surface area contributed by atoms with Gasteiger partial charge < -0.3 is 10.1 Å². The second-order valence-corrected chi connectivity index (χ2v) is 5.61. The van der Waals surface area contributed by atoms with Crippen LogP contribution in [0.2, 0.25) is 0 Å². The maximum atomic E-state index is 12.4. The van der Waals surface area contributed by atoms with Gasteiger partial charge in [0.1, 0.15) is 18.3 Å². The molecule has 0 spiro atoms. The monoisotopic (exact) mass is 310 g/mol. The Kier molecular flexibility index (Phi) is 4.10. The molecule has 1 amide bonds. The largest absolute Gasteiger partial charge is 0.492 e. The highest BCUT2D eigenvalue weighted by Crippen LogP contribution is 2.33. The number of pyridine rings is 1. The van der Waals surface area contributed by atoms with Crippen LogP contribution in [0.5, 0.6) is 5.75 Å². The summed E-state index contributed by atoms with van der Waals surface area (Å²) in [6, 6.07) is 11.1. The molecule has 1 aliphatic heterocycles. The molecule has 0 saturated heterocycles. The van der Waals surface area contributed by atoms with Crippen molar-refractivity contribution in [2.24, 2.45) is 0 Å². The van der Waals surface area contributed by atoms with Crippen LogP contribution in [0.15, 0.2) is 36.4 Å². The summed E-state index contributed by atoms with van der Waals surface area (Å²) in [4.78, 5) is 28.1. The number of rotatable bonds is 4. The third kappa shape index (κ3) is 3.08. The van der Waals surface area contributed by atoms with Crippen molar-refractivity contribution in [2.75, 3.05) is 6.61 Å². The summed E-state index contributed by atoms with van der Waals surface area (Å²) in [6.45, 7) is 4.00. The lowest BCUT2D eigenvalue weighted by Crippen LogP contribution is -2.30. The fraction of sp³-hybridized carbons (Fsp3) is 0.278. The van der Waals surface area contributed by atoms with Gasteiger partial charge in [-0.25, -0.2) is 0 Å². The number of aryl methyl sites for hydroxylation is 1. The van der Waals surface area contributed by atoms with E-state index in [0.717, 1.165) is 17.0 Å². The van der Waals surface area contributed by atoms with Crippen LogP contribution in [0.25, 0.3) is 0 Å². The molecule has 23 heavy (non-hydrogen) atoms. The third-order valence-electron chi connectivity index (χ3n) is 3.98. The molecule has 0 saturated carbocycles. The van der Waals surface area contributed by atoms with E-state index >= 15 is 0 Å². The number of para-hydroxylation sites is 1. The van der Waals surface area contributed by atoms with E-state index in [1.807, 2.05) is 24.3 Å². The number of carbonyl (C=O) groups is 2. The molecule has 0 fully saturated rings. The number of fused-ring (bicyclic) bond motifs is 1. The maximum Gasteiger partial charge on any atom is 0.231 e. The summed E-state index contributed by atoms with van der Waals surface area (Å²) in [5, 5.41) is 2.89. The van der Waals surface area contributed by atoms with Crippen molar-refractivity contribution >= 4 is 11.7 Å². The fourth-order valence-corrected chi connectivity index (χ4v) is 2.76. The summed E-state index contributed by atoms with van der Waals surface area (Å²) in [5.41, 5.74) is 2.94. The number of aromatic nitrogens is 1. The Morgan fingerprint density at radius 1 is 1.26 bits per heavy atom. The number of amides is 1. The van der Waals surface area contributed by atoms with Crippen molar-refractivity contribution in [3.05, 3.63) is 58.9 Å². The average Bonchev–Trinajstić information content (AvgIpc) is 2.96. The van der Waals surface area contributed by atoms with Crippen molar-refractivity contribution in [1.29, 1.82) is 0 Å². The molecule has 5 nitrogen and oxygen atoms in total. The first-order chi connectivity index (χ1) is 11.1. The lowest BCUT2D eigenvalue weighted by Gasteiger charge is -2.11. The Morgan fingerprint density at radius 3 is 2.78 bits per heavy atom. The maximum absolute atomic E-state index is 12.4. The smallest absolute Gasteiger partial charge is 0.231 e. The molecule has 118 valence electrons. The molecule has 2 aromatic rings. The zero-order valence-electron chi connectivity index (χ0n) is 13.1. The first-order valence-corrected chi connectivity index (χ1v) is 7.53. The van der Waals surface area contributed by atoms with Crippen molar-refractivity contribution in [3.63, 3.8) is 0 Å². The molecule has 0 bridgehead atoms. The number of hydrogen-bond acceptors (Lipinski definition) is 4. The number of Topliss-reactive ketones (excluding diaryl/α,β-unsaturated/α-hetero) is 1. The second-order valence-electron chi connectivity index (χ2n) is 5.61. The third-order valence-corrected chi connectivity index (χ3v) is 3.98. The van der Waals surface area contributed by atoms with Crippen LogP contribution in [0.3, 0.4) is 0 Å². The lowest BCUT2D eigenvalue weighted by atomic mass is 10.0. The molecule has 1 aromatic carbocycles. The Hall–Kier alpha value is -2.69.